The Hall–Kier alpha value is -3.48. The molecular formula is C21H20FN3O3. The van der Waals surface area contributed by atoms with Crippen molar-refractivity contribution in [3.63, 3.8) is 0 Å². The zero-order valence-corrected chi connectivity index (χ0v) is 15.6. The highest BCUT2D eigenvalue weighted by molar-refractivity contribution is 5.95. The lowest BCUT2D eigenvalue weighted by Gasteiger charge is -2.15. The lowest BCUT2D eigenvalue weighted by Crippen LogP contribution is -2.38. The molecule has 28 heavy (non-hydrogen) atoms. The maximum atomic E-state index is 13.6. The summed E-state index contributed by atoms with van der Waals surface area (Å²) < 4.78 is 18.8. The minimum absolute atomic E-state index is 0.0507. The predicted octanol–water partition coefficient (Wildman–Crippen LogP) is 3.18. The first kappa shape index (κ1) is 19.3. The molecule has 0 saturated heterocycles. The van der Waals surface area contributed by atoms with Crippen LogP contribution >= 0.6 is 0 Å². The van der Waals surface area contributed by atoms with Gasteiger partial charge in [-0.3, -0.25) is 9.59 Å². The van der Waals surface area contributed by atoms with Crippen LogP contribution in [0.3, 0.4) is 0 Å². The van der Waals surface area contributed by atoms with E-state index in [9.17, 15) is 14.0 Å². The summed E-state index contributed by atoms with van der Waals surface area (Å²) in [5.41, 5.74) is 2.41. The van der Waals surface area contributed by atoms with Gasteiger partial charge in [-0.25, -0.2) is 4.39 Å². The van der Waals surface area contributed by atoms with E-state index in [0.29, 0.717) is 11.3 Å². The van der Waals surface area contributed by atoms with Crippen LogP contribution < -0.4 is 5.32 Å². The SMILES string of the molecule is Cc1ccc(-c2cc(C(=O)N(C)CC(=O)NCc3ccccc3F)no2)cc1. The smallest absolute Gasteiger partial charge is 0.276 e. The maximum Gasteiger partial charge on any atom is 0.276 e. The zero-order chi connectivity index (χ0) is 20.1. The van der Waals surface area contributed by atoms with E-state index in [2.05, 4.69) is 10.5 Å². The van der Waals surface area contributed by atoms with Crippen molar-refractivity contribution in [2.45, 2.75) is 13.5 Å². The molecule has 0 aliphatic carbocycles. The third kappa shape index (κ3) is 4.62. The van der Waals surface area contributed by atoms with Gasteiger partial charge in [0.25, 0.3) is 5.91 Å². The van der Waals surface area contributed by atoms with Crippen LogP contribution in [0.15, 0.2) is 59.1 Å². The average Bonchev–Trinajstić information content (AvgIpc) is 3.17. The molecule has 0 bridgehead atoms. The number of nitrogens with zero attached hydrogens (tertiary/aromatic N) is 2. The number of nitrogens with one attached hydrogen (secondary N) is 1. The molecule has 3 aromatic rings. The van der Waals surface area contributed by atoms with Crippen molar-refractivity contribution in [1.82, 2.24) is 15.4 Å². The molecule has 0 unspecified atom stereocenters. The number of likely N-dealkylation sites (N-methyl/N-ethyl adjacent to an activating group) is 1. The average molecular weight is 381 g/mol. The molecule has 0 aliphatic heterocycles. The van der Waals surface area contributed by atoms with E-state index in [-0.39, 0.29) is 18.8 Å². The Morgan fingerprint density at radius 3 is 2.57 bits per heavy atom. The summed E-state index contributed by atoms with van der Waals surface area (Å²) in [5.74, 6) is -0.760. The van der Waals surface area contributed by atoms with Crippen LogP contribution in [0.2, 0.25) is 0 Å². The van der Waals surface area contributed by atoms with Crippen molar-refractivity contribution < 1.29 is 18.5 Å². The third-order valence-electron chi connectivity index (χ3n) is 4.23. The molecule has 1 N–H and O–H groups in total. The van der Waals surface area contributed by atoms with Crippen LogP contribution in [0, 0.1) is 12.7 Å². The first-order chi connectivity index (χ1) is 13.4. The first-order valence-electron chi connectivity index (χ1n) is 8.73. The van der Waals surface area contributed by atoms with Crippen molar-refractivity contribution in [3.8, 4) is 11.3 Å². The molecule has 3 rings (SSSR count). The Balaban J connectivity index is 1.57. The summed E-state index contributed by atoms with van der Waals surface area (Å²) in [6.45, 7) is 1.85. The molecule has 0 aliphatic rings. The zero-order valence-electron chi connectivity index (χ0n) is 15.6. The van der Waals surface area contributed by atoms with Crippen molar-refractivity contribution in [1.29, 1.82) is 0 Å². The molecule has 6 nitrogen and oxygen atoms in total. The van der Waals surface area contributed by atoms with Gasteiger partial charge in [-0.1, -0.05) is 53.2 Å². The first-order valence-corrected chi connectivity index (χ1v) is 8.73. The van der Waals surface area contributed by atoms with Gasteiger partial charge in [0.1, 0.15) is 5.82 Å². The fraction of sp³-hybridized carbons (Fsp3) is 0.190. The molecule has 0 radical (unpaired) electrons. The summed E-state index contributed by atoms with van der Waals surface area (Å²) in [6.07, 6.45) is 0. The molecule has 0 fully saturated rings. The molecule has 1 aromatic heterocycles. The van der Waals surface area contributed by atoms with Gasteiger partial charge >= 0.3 is 0 Å². The topological polar surface area (TPSA) is 75.4 Å². The van der Waals surface area contributed by atoms with Gasteiger partial charge < -0.3 is 14.7 Å². The van der Waals surface area contributed by atoms with E-state index in [1.54, 1.807) is 24.3 Å². The summed E-state index contributed by atoms with van der Waals surface area (Å²) in [4.78, 5) is 25.8. The van der Waals surface area contributed by atoms with E-state index in [0.717, 1.165) is 11.1 Å². The molecule has 2 aromatic carbocycles. The van der Waals surface area contributed by atoms with Crippen LogP contribution in [0.5, 0.6) is 0 Å². The van der Waals surface area contributed by atoms with Crippen LogP contribution in [0.25, 0.3) is 11.3 Å². The Labute approximate surface area is 161 Å². The molecule has 0 spiro atoms. The van der Waals surface area contributed by atoms with Crippen molar-refractivity contribution >= 4 is 11.8 Å². The van der Waals surface area contributed by atoms with Crippen LogP contribution in [0.4, 0.5) is 4.39 Å². The molecule has 1 heterocycles. The quantitative estimate of drug-likeness (QED) is 0.712. The number of rotatable bonds is 6. The molecule has 7 heteroatoms. The van der Waals surface area contributed by atoms with Crippen LogP contribution in [-0.4, -0.2) is 35.5 Å². The van der Waals surface area contributed by atoms with Gasteiger partial charge in [-0.2, -0.15) is 0 Å². The van der Waals surface area contributed by atoms with Gasteiger partial charge in [0.2, 0.25) is 5.91 Å². The van der Waals surface area contributed by atoms with Crippen molar-refractivity contribution in [2.75, 3.05) is 13.6 Å². The highest BCUT2D eigenvalue weighted by atomic mass is 19.1. The number of carbonyl (C=O) groups is 2. The van der Waals surface area contributed by atoms with E-state index >= 15 is 0 Å². The van der Waals surface area contributed by atoms with Gasteiger partial charge in [-0.05, 0) is 13.0 Å². The number of amides is 2. The number of benzene rings is 2. The van der Waals surface area contributed by atoms with Crippen LogP contribution in [0.1, 0.15) is 21.6 Å². The number of carbonyl (C=O) groups excluding carboxylic acids is 2. The molecule has 144 valence electrons. The lowest BCUT2D eigenvalue weighted by molar-refractivity contribution is -0.121. The number of hydrogen-bond donors (Lipinski definition) is 1. The number of aryl methyl sites for hydroxylation is 1. The minimum atomic E-state index is -0.442. The highest BCUT2D eigenvalue weighted by Gasteiger charge is 2.19. The monoisotopic (exact) mass is 381 g/mol. The second kappa shape index (κ2) is 8.47. The summed E-state index contributed by atoms with van der Waals surface area (Å²) in [6, 6.07) is 15.4. The Bertz CT molecular complexity index is 983. The largest absolute Gasteiger partial charge is 0.355 e. The molecule has 0 saturated carbocycles. The number of aromatic nitrogens is 1. The van der Waals surface area contributed by atoms with Crippen molar-refractivity contribution in [3.05, 3.63) is 77.2 Å². The fourth-order valence-corrected chi connectivity index (χ4v) is 2.60. The van der Waals surface area contributed by atoms with E-state index < -0.39 is 17.6 Å². The third-order valence-corrected chi connectivity index (χ3v) is 4.23. The van der Waals surface area contributed by atoms with Gasteiger partial charge in [-0.15, -0.1) is 0 Å². The van der Waals surface area contributed by atoms with E-state index in [1.807, 2.05) is 31.2 Å². The highest BCUT2D eigenvalue weighted by Crippen LogP contribution is 2.21. The fourth-order valence-electron chi connectivity index (χ4n) is 2.60. The molecule has 2 amide bonds. The maximum absolute atomic E-state index is 13.6. The molecular weight excluding hydrogens is 361 g/mol. The summed E-state index contributed by atoms with van der Waals surface area (Å²) >= 11 is 0. The number of halogens is 1. The number of hydrogen-bond acceptors (Lipinski definition) is 4. The van der Waals surface area contributed by atoms with Gasteiger partial charge in [0, 0.05) is 30.8 Å². The Kier molecular flexibility index (Phi) is 5.84. The van der Waals surface area contributed by atoms with Crippen molar-refractivity contribution in [2.24, 2.45) is 0 Å². The summed E-state index contributed by atoms with van der Waals surface area (Å²) in [5, 5.41) is 6.40. The van der Waals surface area contributed by atoms with E-state index in [1.165, 1.54) is 18.0 Å². The summed E-state index contributed by atoms with van der Waals surface area (Å²) in [7, 11) is 1.49. The Morgan fingerprint density at radius 1 is 1.14 bits per heavy atom. The normalized spacial score (nSPS) is 10.5. The predicted molar refractivity (Wildman–Crippen MR) is 102 cm³/mol. The van der Waals surface area contributed by atoms with Gasteiger partial charge in [0.15, 0.2) is 11.5 Å². The minimum Gasteiger partial charge on any atom is -0.355 e. The van der Waals surface area contributed by atoms with E-state index in [4.69, 9.17) is 4.52 Å². The second-order valence-electron chi connectivity index (χ2n) is 6.47. The molecule has 0 atom stereocenters. The Morgan fingerprint density at radius 2 is 1.86 bits per heavy atom. The van der Waals surface area contributed by atoms with Crippen LogP contribution in [-0.2, 0) is 11.3 Å². The second-order valence-corrected chi connectivity index (χ2v) is 6.47. The van der Waals surface area contributed by atoms with Gasteiger partial charge in [0.05, 0.1) is 6.54 Å². The lowest BCUT2D eigenvalue weighted by atomic mass is 10.1. The standard InChI is InChI=1S/C21H20FN3O3/c1-14-7-9-15(10-8-14)19-11-18(24-28-19)21(27)25(2)13-20(26)23-12-16-5-3-4-6-17(16)22/h3-11H,12-13H2,1-2H3,(H,23,26).